The van der Waals surface area contributed by atoms with Crippen LogP contribution in [0.4, 0.5) is 0 Å². The first kappa shape index (κ1) is 18.6. The Morgan fingerprint density at radius 3 is 2.12 bits per heavy atom. The van der Waals surface area contributed by atoms with Crippen molar-refractivity contribution in [1.82, 2.24) is 0 Å². The number of hydrogen-bond acceptors (Lipinski definition) is 2. The van der Waals surface area contributed by atoms with Crippen LogP contribution in [-0.4, -0.2) is 12.8 Å². The number of nitrogens with two attached hydrogens (primary N) is 1. The van der Waals surface area contributed by atoms with Gasteiger partial charge in [-0.15, -0.1) is 11.8 Å². The third-order valence-corrected chi connectivity index (χ3v) is 2.87. The highest BCUT2D eigenvalue weighted by atomic mass is 32.2. The van der Waals surface area contributed by atoms with Gasteiger partial charge in [0, 0.05) is 11.4 Å². The van der Waals surface area contributed by atoms with Gasteiger partial charge in [-0.1, -0.05) is 43.7 Å². The van der Waals surface area contributed by atoms with Crippen molar-refractivity contribution in [3.8, 4) is 0 Å². The Kier molecular flexibility index (Phi) is 14.6. The second-order valence-electron chi connectivity index (χ2n) is 3.37. The van der Waals surface area contributed by atoms with Crippen LogP contribution in [-0.2, 0) is 0 Å². The van der Waals surface area contributed by atoms with Gasteiger partial charge in [-0.25, -0.2) is 0 Å². The van der Waals surface area contributed by atoms with E-state index in [1.165, 1.54) is 10.5 Å². The lowest BCUT2D eigenvalue weighted by atomic mass is 10.2. The molecule has 0 saturated carbocycles. The van der Waals surface area contributed by atoms with E-state index in [9.17, 15) is 0 Å². The standard InChI is InChI=1S/C13H21NS.C2H6/c1-5-7-12(10-14)8-6-9-13(15-4)11(2)3;1-2/h5-9H,10,14H2,1-4H3;1-2H3/b7-5-,9-6+,12-8+;. The Hall–Kier alpha value is -0.730. The predicted molar refractivity (Wildman–Crippen MR) is 84.3 cm³/mol. The molecule has 98 valence electrons. The highest BCUT2D eigenvalue weighted by Crippen LogP contribution is 2.17. The summed E-state index contributed by atoms with van der Waals surface area (Å²) in [6.07, 6.45) is 12.4. The molecule has 0 aromatic heterocycles. The zero-order valence-corrected chi connectivity index (χ0v) is 12.9. The Bertz CT molecular complexity index is 292. The van der Waals surface area contributed by atoms with Crippen LogP contribution in [0.15, 0.2) is 46.4 Å². The molecule has 0 aromatic rings. The number of hydrogen-bond donors (Lipinski definition) is 1. The third-order valence-electron chi connectivity index (χ3n) is 1.89. The van der Waals surface area contributed by atoms with E-state index in [0.717, 1.165) is 5.57 Å². The fraction of sp³-hybridized carbons (Fsp3) is 0.467. The van der Waals surface area contributed by atoms with Gasteiger partial charge in [0.1, 0.15) is 0 Å². The van der Waals surface area contributed by atoms with Crippen molar-refractivity contribution >= 4 is 11.8 Å². The van der Waals surface area contributed by atoms with Crippen molar-refractivity contribution in [2.45, 2.75) is 34.6 Å². The maximum Gasteiger partial charge on any atom is 0.0177 e. The van der Waals surface area contributed by atoms with E-state index in [1.54, 1.807) is 11.8 Å². The van der Waals surface area contributed by atoms with Gasteiger partial charge in [-0.3, -0.25) is 0 Å². The van der Waals surface area contributed by atoms with E-state index < -0.39 is 0 Å². The minimum atomic E-state index is 0.581. The van der Waals surface area contributed by atoms with Gasteiger partial charge >= 0.3 is 0 Å². The van der Waals surface area contributed by atoms with E-state index in [2.05, 4.69) is 38.3 Å². The zero-order chi connectivity index (χ0) is 13.7. The average Bonchev–Trinajstić information content (AvgIpc) is 2.35. The maximum atomic E-state index is 5.60. The summed E-state index contributed by atoms with van der Waals surface area (Å²) in [5.41, 5.74) is 8.08. The Morgan fingerprint density at radius 2 is 1.76 bits per heavy atom. The van der Waals surface area contributed by atoms with Gasteiger partial charge < -0.3 is 5.73 Å². The maximum absolute atomic E-state index is 5.60. The van der Waals surface area contributed by atoms with Crippen LogP contribution < -0.4 is 5.73 Å². The fourth-order valence-corrected chi connectivity index (χ4v) is 1.73. The van der Waals surface area contributed by atoms with Crippen LogP contribution in [0.2, 0.25) is 0 Å². The molecule has 0 fully saturated rings. The van der Waals surface area contributed by atoms with Gasteiger partial charge in [-0.05, 0) is 38.7 Å². The van der Waals surface area contributed by atoms with Crippen molar-refractivity contribution in [3.05, 3.63) is 46.4 Å². The minimum absolute atomic E-state index is 0.581. The first-order valence-electron chi connectivity index (χ1n) is 6.07. The summed E-state index contributed by atoms with van der Waals surface area (Å²) >= 11 is 1.76. The van der Waals surface area contributed by atoms with Crippen molar-refractivity contribution in [1.29, 1.82) is 0 Å². The average molecular weight is 253 g/mol. The fourth-order valence-electron chi connectivity index (χ4n) is 1.10. The first-order chi connectivity index (χ1) is 8.15. The summed E-state index contributed by atoms with van der Waals surface area (Å²) in [7, 11) is 0. The van der Waals surface area contributed by atoms with Crippen LogP contribution in [0.3, 0.4) is 0 Å². The third kappa shape index (κ3) is 10.2. The molecule has 17 heavy (non-hydrogen) atoms. The number of thioether (sulfide) groups is 1. The van der Waals surface area contributed by atoms with E-state index in [4.69, 9.17) is 5.73 Å². The molecule has 0 unspecified atom stereocenters. The number of rotatable bonds is 5. The van der Waals surface area contributed by atoms with E-state index in [-0.39, 0.29) is 0 Å². The molecule has 0 aliphatic heterocycles. The zero-order valence-electron chi connectivity index (χ0n) is 12.1. The van der Waals surface area contributed by atoms with E-state index in [1.807, 2.05) is 32.9 Å². The molecule has 1 nitrogen and oxygen atoms in total. The molecular weight excluding hydrogens is 226 g/mol. The highest BCUT2D eigenvalue weighted by Gasteiger charge is 1.90. The lowest BCUT2D eigenvalue weighted by molar-refractivity contribution is 1.18. The molecule has 0 heterocycles. The summed E-state index contributed by atoms with van der Waals surface area (Å²) in [6.45, 7) is 10.8. The molecular formula is C15H27NS. The SMILES string of the molecule is CC.C\C=C/C(=C\C=C\C(SC)=C(C)C)CN. The normalized spacial score (nSPS) is 11.6. The molecule has 0 amide bonds. The van der Waals surface area contributed by atoms with Gasteiger partial charge in [-0.2, -0.15) is 0 Å². The monoisotopic (exact) mass is 253 g/mol. The molecule has 0 saturated heterocycles. The van der Waals surface area contributed by atoms with E-state index in [0.29, 0.717) is 6.54 Å². The first-order valence-corrected chi connectivity index (χ1v) is 7.29. The summed E-state index contributed by atoms with van der Waals surface area (Å²) in [5, 5.41) is 0. The minimum Gasteiger partial charge on any atom is -0.326 e. The van der Waals surface area contributed by atoms with Crippen LogP contribution in [0, 0.1) is 0 Å². The van der Waals surface area contributed by atoms with Gasteiger partial charge in [0.05, 0.1) is 0 Å². The molecule has 0 spiro atoms. The summed E-state index contributed by atoms with van der Waals surface area (Å²) in [4.78, 5) is 1.31. The summed E-state index contributed by atoms with van der Waals surface area (Å²) in [5.74, 6) is 0. The topological polar surface area (TPSA) is 26.0 Å². The van der Waals surface area contributed by atoms with E-state index >= 15 is 0 Å². The molecule has 0 aliphatic rings. The van der Waals surface area contributed by atoms with Gasteiger partial charge in [0.15, 0.2) is 0 Å². The van der Waals surface area contributed by atoms with Crippen molar-refractivity contribution < 1.29 is 0 Å². The molecule has 0 aromatic carbocycles. The molecule has 0 radical (unpaired) electrons. The predicted octanol–water partition coefficient (Wildman–Crippen LogP) is 4.69. The quantitative estimate of drug-likeness (QED) is 0.719. The molecule has 0 rings (SSSR count). The van der Waals surface area contributed by atoms with Crippen LogP contribution in [0.1, 0.15) is 34.6 Å². The smallest absolute Gasteiger partial charge is 0.0177 e. The number of allylic oxidation sites excluding steroid dienone is 5. The molecule has 0 atom stereocenters. The highest BCUT2D eigenvalue weighted by molar-refractivity contribution is 8.02. The van der Waals surface area contributed by atoms with Crippen LogP contribution >= 0.6 is 11.8 Å². The van der Waals surface area contributed by atoms with Crippen molar-refractivity contribution in [2.24, 2.45) is 5.73 Å². The van der Waals surface area contributed by atoms with Crippen molar-refractivity contribution in [2.75, 3.05) is 12.8 Å². The Labute approximate surface area is 112 Å². The Morgan fingerprint density at radius 1 is 1.18 bits per heavy atom. The Balaban J connectivity index is 0. The van der Waals surface area contributed by atoms with Crippen molar-refractivity contribution in [3.63, 3.8) is 0 Å². The van der Waals surface area contributed by atoms with Crippen LogP contribution in [0.25, 0.3) is 0 Å². The molecule has 0 aliphatic carbocycles. The van der Waals surface area contributed by atoms with Gasteiger partial charge in [0.25, 0.3) is 0 Å². The molecule has 0 bridgehead atoms. The summed E-state index contributed by atoms with van der Waals surface area (Å²) < 4.78 is 0. The van der Waals surface area contributed by atoms with Crippen LogP contribution in [0.5, 0.6) is 0 Å². The lowest BCUT2D eigenvalue weighted by Gasteiger charge is -1.99. The van der Waals surface area contributed by atoms with Gasteiger partial charge in [0.2, 0.25) is 0 Å². The second kappa shape index (κ2) is 13.3. The largest absolute Gasteiger partial charge is 0.326 e. The lowest BCUT2D eigenvalue weighted by Crippen LogP contribution is -2.00. The second-order valence-corrected chi connectivity index (χ2v) is 4.22. The molecule has 2 N–H and O–H groups in total. The molecule has 2 heteroatoms. The summed E-state index contributed by atoms with van der Waals surface area (Å²) in [6, 6.07) is 0.